The maximum Gasteiger partial charge on any atom is 0.145 e. The van der Waals surface area contributed by atoms with E-state index in [4.69, 9.17) is 0 Å². The number of benzene rings is 2. The summed E-state index contributed by atoms with van der Waals surface area (Å²) in [6.45, 7) is -0.926. The molecule has 5 nitrogen and oxygen atoms in total. The van der Waals surface area contributed by atoms with Gasteiger partial charge in [0.2, 0.25) is 0 Å². The molecule has 2 aromatic carbocycles. The highest BCUT2D eigenvalue weighted by atomic mass is 19.1. The molecular formula is C23H19FN4O. The smallest absolute Gasteiger partial charge is 0.145 e. The van der Waals surface area contributed by atoms with Gasteiger partial charge in [0.15, 0.2) is 0 Å². The molecule has 0 amide bonds. The molecule has 0 aliphatic carbocycles. The zero-order valence-corrected chi connectivity index (χ0v) is 15.8. The van der Waals surface area contributed by atoms with Crippen molar-refractivity contribution < 1.29 is 9.50 Å². The molecule has 29 heavy (non-hydrogen) atoms. The van der Waals surface area contributed by atoms with Crippen LogP contribution in [-0.4, -0.2) is 31.1 Å². The lowest BCUT2D eigenvalue weighted by Gasteiger charge is -2.25. The van der Waals surface area contributed by atoms with Crippen molar-refractivity contribution >= 4 is 21.8 Å². The Morgan fingerprint density at radius 2 is 1.83 bits per heavy atom. The number of aliphatic hydroxyl groups is 1. The average Bonchev–Trinajstić information content (AvgIpc) is 3.35. The summed E-state index contributed by atoms with van der Waals surface area (Å²) >= 11 is 0. The van der Waals surface area contributed by atoms with E-state index in [9.17, 15) is 9.50 Å². The Hall–Kier alpha value is -3.51. The number of nitrogens with zero attached hydrogens (tertiary/aromatic N) is 4. The van der Waals surface area contributed by atoms with E-state index in [1.807, 2.05) is 54.1 Å². The lowest BCUT2D eigenvalue weighted by atomic mass is 9.86. The van der Waals surface area contributed by atoms with Crippen LogP contribution in [0.1, 0.15) is 11.1 Å². The van der Waals surface area contributed by atoms with Crippen LogP contribution in [0, 0.1) is 0 Å². The van der Waals surface area contributed by atoms with Gasteiger partial charge in [0.05, 0.1) is 17.4 Å². The first kappa shape index (κ1) is 17.6. The van der Waals surface area contributed by atoms with Gasteiger partial charge in [0.1, 0.15) is 12.3 Å². The minimum atomic E-state index is -1.74. The first-order valence-corrected chi connectivity index (χ1v) is 9.33. The number of aromatic nitrogens is 4. The number of alkyl halides is 1. The highest BCUT2D eigenvalue weighted by Crippen LogP contribution is 2.37. The highest BCUT2D eigenvalue weighted by molar-refractivity contribution is 5.86. The predicted molar refractivity (Wildman–Crippen MR) is 111 cm³/mol. The van der Waals surface area contributed by atoms with E-state index in [-0.39, 0.29) is 0 Å². The van der Waals surface area contributed by atoms with E-state index in [0.29, 0.717) is 11.1 Å². The molecular weight excluding hydrogens is 367 g/mol. The lowest BCUT2D eigenvalue weighted by Crippen LogP contribution is -2.29. The Bertz CT molecular complexity index is 1320. The third-order valence-electron chi connectivity index (χ3n) is 5.49. The predicted octanol–water partition coefficient (Wildman–Crippen LogP) is 4.12. The van der Waals surface area contributed by atoms with Gasteiger partial charge >= 0.3 is 0 Å². The van der Waals surface area contributed by atoms with Crippen LogP contribution < -0.4 is 0 Å². The number of hydrogen-bond acceptors (Lipinski definition) is 3. The highest BCUT2D eigenvalue weighted by Gasteiger charge is 2.35. The summed E-state index contributed by atoms with van der Waals surface area (Å²) in [5.41, 5.74) is 2.02. The maximum absolute atomic E-state index is 14.3. The van der Waals surface area contributed by atoms with Crippen molar-refractivity contribution in [2.75, 3.05) is 6.67 Å². The molecule has 0 spiro atoms. The number of hydrogen-bond donors (Lipinski definition) is 1. The molecule has 0 saturated heterocycles. The second-order valence-electron chi connectivity index (χ2n) is 7.20. The van der Waals surface area contributed by atoms with Gasteiger partial charge in [0, 0.05) is 47.5 Å². The van der Waals surface area contributed by atoms with Crippen LogP contribution >= 0.6 is 0 Å². The molecule has 5 rings (SSSR count). The minimum absolute atomic E-state index is 0.498. The Morgan fingerprint density at radius 1 is 1.03 bits per heavy atom. The van der Waals surface area contributed by atoms with Crippen molar-refractivity contribution in [2.24, 2.45) is 7.05 Å². The van der Waals surface area contributed by atoms with E-state index in [2.05, 4.69) is 10.1 Å². The van der Waals surface area contributed by atoms with Crippen molar-refractivity contribution in [1.82, 2.24) is 19.3 Å². The Labute approximate surface area is 166 Å². The quantitative estimate of drug-likeness (QED) is 0.506. The van der Waals surface area contributed by atoms with Crippen LogP contribution in [0.5, 0.6) is 0 Å². The van der Waals surface area contributed by atoms with Gasteiger partial charge in [-0.05, 0) is 35.9 Å². The fourth-order valence-electron chi connectivity index (χ4n) is 3.96. The van der Waals surface area contributed by atoms with Crippen molar-refractivity contribution in [3.05, 3.63) is 90.5 Å². The van der Waals surface area contributed by atoms with Gasteiger partial charge < -0.3 is 9.67 Å². The molecule has 5 aromatic rings. The van der Waals surface area contributed by atoms with Gasteiger partial charge in [-0.2, -0.15) is 5.10 Å². The van der Waals surface area contributed by atoms with E-state index in [0.717, 1.165) is 27.5 Å². The molecule has 0 aliphatic rings. The second kappa shape index (κ2) is 6.53. The molecule has 144 valence electrons. The second-order valence-corrected chi connectivity index (χ2v) is 7.20. The van der Waals surface area contributed by atoms with Crippen LogP contribution in [0.15, 0.2) is 79.4 Å². The minimum Gasteiger partial charge on any atom is -0.378 e. The standard InChI is InChI=1S/C23H19FN4O/c1-27-14-20(19-4-2-3-5-22(19)27)23(29,15-24)17-6-7-21-16(12-17)13-26-28(21)18-8-10-25-11-9-18/h2-14,29H,15H2,1H3. The fourth-order valence-corrected chi connectivity index (χ4v) is 3.96. The number of rotatable bonds is 4. The summed E-state index contributed by atoms with van der Waals surface area (Å²) in [6, 6.07) is 16.9. The van der Waals surface area contributed by atoms with Gasteiger partial charge in [-0.15, -0.1) is 0 Å². The summed E-state index contributed by atoms with van der Waals surface area (Å²) in [7, 11) is 1.90. The summed E-state index contributed by atoms with van der Waals surface area (Å²) < 4.78 is 18.0. The van der Waals surface area contributed by atoms with Gasteiger partial charge in [-0.25, -0.2) is 9.07 Å². The van der Waals surface area contributed by atoms with Crippen LogP contribution in [0.3, 0.4) is 0 Å². The molecule has 1 unspecified atom stereocenters. The van der Waals surface area contributed by atoms with Gasteiger partial charge in [-0.1, -0.05) is 24.3 Å². The fraction of sp³-hybridized carbons (Fsp3) is 0.130. The van der Waals surface area contributed by atoms with E-state index < -0.39 is 12.3 Å². The summed E-state index contributed by atoms with van der Waals surface area (Å²) in [4.78, 5) is 4.04. The SMILES string of the molecule is Cn1cc(C(O)(CF)c2ccc3c(cnn3-c3ccncc3)c2)c2ccccc21. The van der Waals surface area contributed by atoms with E-state index in [1.165, 1.54) is 0 Å². The molecule has 0 bridgehead atoms. The molecule has 3 aromatic heterocycles. The molecule has 0 aliphatic heterocycles. The van der Waals surface area contributed by atoms with Gasteiger partial charge in [-0.3, -0.25) is 4.98 Å². The number of halogens is 1. The number of aryl methyl sites for hydroxylation is 1. The molecule has 0 saturated carbocycles. The normalized spacial score (nSPS) is 13.8. The zero-order chi connectivity index (χ0) is 20.0. The number of fused-ring (bicyclic) bond motifs is 2. The topological polar surface area (TPSA) is 55.9 Å². The third-order valence-corrected chi connectivity index (χ3v) is 5.49. The third kappa shape index (κ3) is 2.64. The molecule has 0 fully saturated rings. The summed E-state index contributed by atoms with van der Waals surface area (Å²) in [5.74, 6) is 0. The van der Waals surface area contributed by atoms with Crippen LogP contribution in [0.4, 0.5) is 4.39 Å². The Balaban J connectivity index is 1.67. The molecule has 1 atom stereocenters. The Kier molecular flexibility index (Phi) is 3.96. The van der Waals surface area contributed by atoms with E-state index in [1.54, 1.807) is 41.6 Å². The van der Waals surface area contributed by atoms with Crippen molar-refractivity contribution in [3.63, 3.8) is 0 Å². The first-order chi connectivity index (χ1) is 14.1. The molecule has 3 heterocycles. The monoisotopic (exact) mass is 386 g/mol. The van der Waals surface area contributed by atoms with Crippen LogP contribution in [0.25, 0.3) is 27.5 Å². The zero-order valence-electron chi connectivity index (χ0n) is 15.8. The summed E-state index contributed by atoms with van der Waals surface area (Å²) in [6.07, 6.45) is 6.94. The Morgan fingerprint density at radius 3 is 2.62 bits per heavy atom. The maximum atomic E-state index is 14.3. The van der Waals surface area contributed by atoms with Crippen LogP contribution in [-0.2, 0) is 12.6 Å². The lowest BCUT2D eigenvalue weighted by molar-refractivity contribution is 0.0532. The van der Waals surface area contributed by atoms with Crippen molar-refractivity contribution in [3.8, 4) is 5.69 Å². The first-order valence-electron chi connectivity index (χ1n) is 9.33. The van der Waals surface area contributed by atoms with Crippen LogP contribution in [0.2, 0.25) is 0 Å². The number of para-hydroxylation sites is 1. The summed E-state index contributed by atoms with van der Waals surface area (Å²) in [5, 5.41) is 17.5. The van der Waals surface area contributed by atoms with Crippen molar-refractivity contribution in [1.29, 1.82) is 0 Å². The van der Waals surface area contributed by atoms with Crippen molar-refractivity contribution in [2.45, 2.75) is 5.60 Å². The molecule has 1 N–H and O–H groups in total. The largest absolute Gasteiger partial charge is 0.378 e. The van der Waals surface area contributed by atoms with Gasteiger partial charge in [0.25, 0.3) is 0 Å². The molecule has 0 radical (unpaired) electrons. The molecule has 6 heteroatoms. The van der Waals surface area contributed by atoms with E-state index >= 15 is 0 Å². The number of pyridine rings is 1. The average molecular weight is 386 g/mol.